The van der Waals surface area contributed by atoms with Gasteiger partial charge in [0, 0.05) is 0 Å². The summed E-state index contributed by atoms with van der Waals surface area (Å²) >= 11 is 0. The molecule has 0 saturated heterocycles. The minimum absolute atomic E-state index is 0.0562. The molecule has 0 aromatic carbocycles. The minimum atomic E-state index is -0.264. The Labute approximate surface area is 92.8 Å². The molecule has 0 amide bonds. The summed E-state index contributed by atoms with van der Waals surface area (Å²) in [6.07, 6.45) is 2.41. The lowest BCUT2D eigenvalue weighted by Gasteiger charge is -2.16. The number of hydrogen-bond donors (Lipinski definition) is 1. The SMILES string of the molecule is CCC(CCC(C)O)COC(=O)C(C)C. The van der Waals surface area contributed by atoms with Crippen molar-refractivity contribution in [3.8, 4) is 0 Å². The number of hydrogen-bond acceptors (Lipinski definition) is 3. The van der Waals surface area contributed by atoms with Gasteiger partial charge in [0.05, 0.1) is 18.6 Å². The zero-order valence-corrected chi connectivity index (χ0v) is 10.3. The fourth-order valence-electron chi connectivity index (χ4n) is 1.25. The van der Waals surface area contributed by atoms with Gasteiger partial charge in [-0.15, -0.1) is 0 Å². The number of aliphatic hydroxyl groups is 1. The second kappa shape index (κ2) is 7.69. The van der Waals surface area contributed by atoms with Crippen LogP contribution in [0.2, 0.25) is 0 Å². The van der Waals surface area contributed by atoms with Crippen LogP contribution in [0, 0.1) is 11.8 Å². The fraction of sp³-hybridized carbons (Fsp3) is 0.917. The number of ether oxygens (including phenoxy) is 1. The smallest absolute Gasteiger partial charge is 0.308 e. The Hall–Kier alpha value is -0.570. The molecule has 90 valence electrons. The molecule has 0 aliphatic heterocycles. The van der Waals surface area contributed by atoms with E-state index in [-0.39, 0.29) is 18.0 Å². The van der Waals surface area contributed by atoms with Gasteiger partial charge in [-0.3, -0.25) is 4.79 Å². The van der Waals surface area contributed by atoms with E-state index >= 15 is 0 Å². The Balaban J connectivity index is 3.75. The van der Waals surface area contributed by atoms with Crippen LogP contribution in [0.25, 0.3) is 0 Å². The van der Waals surface area contributed by atoms with E-state index < -0.39 is 0 Å². The van der Waals surface area contributed by atoms with E-state index in [2.05, 4.69) is 6.92 Å². The third kappa shape index (κ3) is 7.37. The van der Waals surface area contributed by atoms with Crippen LogP contribution in [0.4, 0.5) is 0 Å². The molecule has 0 spiro atoms. The van der Waals surface area contributed by atoms with Crippen molar-refractivity contribution < 1.29 is 14.6 Å². The molecule has 2 atom stereocenters. The number of esters is 1. The fourth-order valence-corrected chi connectivity index (χ4v) is 1.25. The molecule has 0 aromatic heterocycles. The zero-order valence-electron chi connectivity index (χ0n) is 10.3. The molecular weight excluding hydrogens is 192 g/mol. The van der Waals surface area contributed by atoms with Crippen LogP contribution < -0.4 is 0 Å². The van der Waals surface area contributed by atoms with Crippen molar-refractivity contribution in [3.05, 3.63) is 0 Å². The van der Waals surface area contributed by atoms with E-state index in [0.717, 1.165) is 19.3 Å². The average molecular weight is 216 g/mol. The molecule has 15 heavy (non-hydrogen) atoms. The maximum absolute atomic E-state index is 11.2. The van der Waals surface area contributed by atoms with E-state index in [1.165, 1.54) is 0 Å². The summed E-state index contributed by atoms with van der Waals surface area (Å²) in [5, 5.41) is 9.15. The van der Waals surface area contributed by atoms with Gasteiger partial charge in [-0.2, -0.15) is 0 Å². The molecule has 0 aliphatic rings. The largest absolute Gasteiger partial charge is 0.465 e. The van der Waals surface area contributed by atoms with Crippen LogP contribution in [0.15, 0.2) is 0 Å². The lowest BCUT2D eigenvalue weighted by molar-refractivity contribution is -0.148. The first-order valence-corrected chi connectivity index (χ1v) is 5.82. The highest BCUT2D eigenvalue weighted by molar-refractivity contribution is 5.71. The molecule has 0 radical (unpaired) electrons. The van der Waals surface area contributed by atoms with E-state index in [4.69, 9.17) is 9.84 Å². The molecule has 0 heterocycles. The number of rotatable bonds is 7. The third-order valence-corrected chi connectivity index (χ3v) is 2.50. The first-order valence-electron chi connectivity index (χ1n) is 5.82. The van der Waals surface area contributed by atoms with Crippen LogP contribution in [0.1, 0.15) is 47.0 Å². The third-order valence-electron chi connectivity index (χ3n) is 2.50. The van der Waals surface area contributed by atoms with Gasteiger partial charge in [0.15, 0.2) is 0 Å². The van der Waals surface area contributed by atoms with Crippen LogP contribution >= 0.6 is 0 Å². The number of carbonyl (C=O) groups is 1. The van der Waals surface area contributed by atoms with Gasteiger partial charge >= 0.3 is 5.97 Å². The van der Waals surface area contributed by atoms with Gasteiger partial charge in [0.2, 0.25) is 0 Å². The highest BCUT2D eigenvalue weighted by Crippen LogP contribution is 2.13. The Bertz CT molecular complexity index is 176. The maximum atomic E-state index is 11.2. The van der Waals surface area contributed by atoms with Crippen molar-refractivity contribution >= 4 is 5.97 Å². The number of aliphatic hydroxyl groups excluding tert-OH is 1. The van der Waals surface area contributed by atoms with E-state index in [1.807, 2.05) is 13.8 Å². The monoisotopic (exact) mass is 216 g/mol. The summed E-state index contributed by atoms with van der Waals surface area (Å²) < 4.78 is 5.17. The van der Waals surface area contributed by atoms with Gasteiger partial charge in [-0.25, -0.2) is 0 Å². The summed E-state index contributed by atoms with van der Waals surface area (Å²) in [7, 11) is 0. The Morgan fingerprint density at radius 1 is 1.27 bits per heavy atom. The molecule has 3 nitrogen and oxygen atoms in total. The molecule has 0 rings (SSSR count). The predicted molar refractivity (Wildman–Crippen MR) is 60.5 cm³/mol. The highest BCUT2D eigenvalue weighted by Gasteiger charge is 2.13. The summed E-state index contributed by atoms with van der Waals surface area (Å²) in [5.41, 5.74) is 0. The van der Waals surface area contributed by atoms with Crippen molar-refractivity contribution in [1.29, 1.82) is 0 Å². The van der Waals surface area contributed by atoms with Crippen molar-refractivity contribution in [3.63, 3.8) is 0 Å². The Kier molecular flexibility index (Phi) is 7.39. The summed E-state index contributed by atoms with van der Waals surface area (Å²) in [6, 6.07) is 0. The Morgan fingerprint density at radius 2 is 1.87 bits per heavy atom. The van der Waals surface area contributed by atoms with Crippen LogP contribution in [-0.2, 0) is 9.53 Å². The summed E-state index contributed by atoms with van der Waals surface area (Å²) in [5.74, 6) is 0.187. The van der Waals surface area contributed by atoms with Crippen molar-refractivity contribution in [2.45, 2.75) is 53.1 Å². The molecule has 0 saturated carbocycles. The summed E-state index contributed by atoms with van der Waals surface area (Å²) in [6.45, 7) is 8.02. The first kappa shape index (κ1) is 14.4. The van der Waals surface area contributed by atoms with E-state index in [0.29, 0.717) is 12.5 Å². The highest BCUT2D eigenvalue weighted by atomic mass is 16.5. The molecule has 0 fully saturated rings. The van der Waals surface area contributed by atoms with Crippen molar-refractivity contribution in [2.24, 2.45) is 11.8 Å². The van der Waals surface area contributed by atoms with Gasteiger partial charge in [0.25, 0.3) is 0 Å². The van der Waals surface area contributed by atoms with E-state index in [9.17, 15) is 4.79 Å². The molecule has 0 aromatic rings. The minimum Gasteiger partial charge on any atom is -0.465 e. The lowest BCUT2D eigenvalue weighted by Crippen LogP contribution is -2.18. The topological polar surface area (TPSA) is 46.5 Å². The average Bonchev–Trinajstić information content (AvgIpc) is 2.17. The van der Waals surface area contributed by atoms with Crippen LogP contribution in [-0.4, -0.2) is 23.8 Å². The second-order valence-corrected chi connectivity index (χ2v) is 4.49. The second-order valence-electron chi connectivity index (χ2n) is 4.49. The van der Waals surface area contributed by atoms with Crippen LogP contribution in [0.3, 0.4) is 0 Å². The first-order chi connectivity index (χ1) is 6.97. The molecule has 1 N–H and O–H groups in total. The van der Waals surface area contributed by atoms with Gasteiger partial charge in [-0.05, 0) is 25.7 Å². The molecule has 0 bridgehead atoms. The Morgan fingerprint density at radius 3 is 2.27 bits per heavy atom. The molecular formula is C12H24O3. The lowest BCUT2D eigenvalue weighted by atomic mass is 9.99. The van der Waals surface area contributed by atoms with Gasteiger partial charge < -0.3 is 9.84 Å². The van der Waals surface area contributed by atoms with Gasteiger partial charge in [-0.1, -0.05) is 27.2 Å². The van der Waals surface area contributed by atoms with Crippen LogP contribution in [0.5, 0.6) is 0 Å². The van der Waals surface area contributed by atoms with E-state index in [1.54, 1.807) is 6.92 Å². The predicted octanol–water partition coefficient (Wildman–Crippen LogP) is 2.37. The zero-order chi connectivity index (χ0) is 11.8. The number of carbonyl (C=O) groups excluding carboxylic acids is 1. The molecule has 0 aliphatic carbocycles. The normalized spacial score (nSPS) is 15.1. The summed E-state index contributed by atoms with van der Waals surface area (Å²) in [4.78, 5) is 11.2. The van der Waals surface area contributed by atoms with Gasteiger partial charge in [0.1, 0.15) is 0 Å². The molecule has 2 unspecified atom stereocenters. The maximum Gasteiger partial charge on any atom is 0.308 e. The molecule has 3 heteroatoms. The quantitative estimate of drug-likeness (QED) is 0.665. The van der Waals surface area contributed by atoms with Crippen molar-refractivity contribution in [1.82, 2.24) is 0 Å². The van der Waals surface area contributed by atoms with Crippen molar-refractivity contribution in [2.75, 3.05) is 6.61 Å². The standard InChI is InChI=1S/C12H24O3/c1-5-11(7-6-10(4)13)8-15-12(14)9(2)3/h9-11,13H,5-8H2,1-4H3.